The summed E-state index contributed by atoms with van der Waals surface area (Å²) in [5.74, 6) is -1.06. The number of benzene rings is 2. The summed E-state index contributed by atoms with van der Waals surface area (Å²) >= 11 is 0. The Labute approximate surface area is 182 Å². The van der Waals surface area contributed by atoms with Gasteiger partial charge in [0.25, 0.3) is 0 Å². The maximum Gasteiger partial charge on any atom is 0.341 e. The van der Waals surface area contributed by atoms with Crippen molar-refractivity contribution >= 4 is 11.9 Å². The molecule has 2 N–H and O–H groups in total. The van der Waals surface area contributed by atoms with Crippen LogP contribution in [0.15, 0.2) is 66.8 Å². The molecular formula is C25H28O6. The maximum atomic E-state index is 12.1. The molecule has 2 rings (SSSR count). The number of rotatable bonds is 11. The Morgan fingerprint density at radius 2 is 1.48 bits per heavy atom. The molecule has 2 aromatic carbocycles. The fourth-order valence-corrected chi connectivity index (χ4v) is 2.80. The van der Waals surface area contributed by atoms with Crippen molar-refractivity contribution in [2.75, 3.05) is 13.2 Å². The number of carbonyl (C=O) groups excluding carboxylic acids is 2. The lowest BCUT2D eigenvalue weighted by molar-refractivity contribution is -0.131. The van der Waals surface area contributed by atoms with Gasteiger partial charge in [-0.2, -0.15) is 0 Å². The van der Waals surface area contributed by atoms with E-state index in [2.05, 4.69) is 20.1 Å². The summed E-state index contributed by atoms with van der Waals surface area (Å²) < 4.78 is 10.6. The van der Waals surface area contributed by atoms with Gasteiger partial charge in [0, 0.05) is 5.56 Å². The van der Waals surface area contributed by atoms with Gasteiger partial charge < -0.3 is 19.7 Å². The minimum atomic E-state index is -0.752. The fraction of sp³-hybridized carbons (Fsp3) is 0.280. The van der Waals surface area contributed by atoms with Gasteiger partial charge in [-0.15, -0.1) is 0 Å². The number of ether oxygens (including phenoxy) is 2. The quantitative estimate of drug-likeness (QED) is 0.245. The van der Waals surface area contributed by atoms with Gasteiger partial charge in [-0.25, -0.2) is 9.59 Å². The lowest BCUT2D eigenvalue weighted by Gasteiger charge is -2.14. The first-order valence-corrected chi connectivity index (χ1v) is 10.1. The van der Waals surface area contributed by atoms with Crippen molar-refractivity contribution in [3.63, 3.8) is 0 Å². The Morgan fingerprint density at radius 3 is 2.06 bits per heavy atom. The zero-order chi connectivity index (χ0) is 22.8. The Bertz CT molecular complexity index is 943. The van der Waals surface area contributed by atoms with Crippen LogP contribution in [0.1, 0.15) is 31.7 Å². The predicted molar refractivity (Wildman–Crippen MR) is 119 cm³/mol. The van der Waals surface area contributed by atoms with Crippen LogP contribution in [0.3, 0.4) is 0 Å². The summed E-state index contributed by atoms with van der Waals surface area (Å²) in [4.78, 5) is 24.1. The molecule has 0 bridgehead atoms. The molecule has 31 heavy (non-hydrogen) atoms. The van der Waals surface area contributed by atoms with E-state index in [1.807, 2.05) is 24.3 Å². The highest BCUT2D eigenvalue weighted by Gasteiger charge is 2.16. The molecule has 6 nitrogen and oxygen atoms in total. The van der Waals surface area contributed by atoms with E-state index in [1.165, 1.54) is 24.1 Å². The third-order valence-corrected chi connectivity index (χ3v) is 4.66. The van der Waals surface area contributed by atoms with Crippen molar-refractivity contribution in [2.45, 2.75) is 32.6 Å². The van der Waals surface area contributed by atoms with Crippen molar-refractivity contribution in [3.8, 4) is 22.6 Å². The molecule has 0 saturated heterocycles. The minimum absolute atomic E-state index is 0.0762. The SMILES string of the molecule is C=C(CO)C(=O)Oc1ccc(OC(=O)C(=C)CO)c(-c2ccc(CCCCC)cc2)c1. The average Bonchev–Trinajstić information content (AvgIpc) is 2.79. The van der Waals surface area contributed by atoms with Gasteiger partial charge in [0.15, 0.2) is 0 Å². The zero-order valence-corrected chi connectivity index (χ0v) is 17.7. The first-order chi connectivity index (χ1) is 14.9. The Morgan fingerprint density at radius 1 is 0.871 bits per heavy atom. The second kappa shape index (κ2) is 11.8. The molecule has 0 atom stereocenters. The largest absolute Gasteiger partial charge is 0.423 e. The summed E-state index contributed by atoms with van der Waals surface area (Å²) in [6, 6.07) is 12.4. The molecule has 0 saturated carbocycles. The fourth-order valence-electron chi connectivity index (χ4n) is 2.80. The van der Waals surface area contributed by atoms with E-state index in [0.29, 0.717) is 5.56 Å². The molecule has 0 heterocycles. The third-order valence-electron chi connectivity index (χ3n) is 4.66. The van der Waals surface area contributed by atoms with E-state index in [9.17, 15) is 9.59 Å². The van der Waals surface area contributed by atoms with Crippen LogP contribution in [-0.2, 0) is 16.0 Å². The number of carbonyl (C=O) groups is 2. The molecule has 0 radical (unpaired) electrons. The van der Waals surface area contributed by atoms with Crippen molar-refractivity contribution in [2.24, 2.45) is 0 Å². The third kappa shape index (κ3) is 6.91. The van der Waals surface area contributed by atoms with E-state index < -0.39 is 25.2 Å². The highest BCUT2D eigenvalue weighted by molar-refractivity contribution is 5.92. The van der Waals surface area contributed by atoms with Crippen molar-refractivity contribution in [3.05, 3.63) is 72.3 Å². The second-order valence-corrected chi connectivity index (χ2v) is 7.11. The first-order valence-electron chi connectivity index (χ1n) is 10.1. The molecule has 6 heteroatoms. The minimum Gasteiger partial charge on any atom is -0.423 e. The monoisotopic (exact) mass is 424 g/mol. The average molecular weight is 424 g/mol. The highest BCUT2D eigenvalue weighted by Crippen LogP contribution is 2.34. The summed E-state index contributed by atoms with van der Waals surface area (Å²) in [5, 5.41) is 18.2. The Hall–Kier alpha value is -3.22. The molecule has 2 aromatic rings. The summed E-state index contributed by atoms with van der Waals surface area (Å²) in [6.45, 7) is 8.06. The van der Waals surface area contributed by atoms with Crippen molar-refractivity contribution in [1.29, 1.82) is 0 Å². The molecule has 0 aromatic heterocycles. The van der Waals surface area contributed by atoms with Gasteiger partial charge >= 0.3 is 11.9 Å². The van der Waals surface area contributed by atoms with Gasteiger partial charge in [0.05, 0.1) is 24.4 Å². The topological polar surface area (TPSA) is 93.1 Å². The Kier molecular flexibility index (Phi) is 9.18. The summed E-state index contributed by atoms with van der Waals surface area (Å²) in [5.41, 5.74) is 2.33. The van der Waals surface area contributed by atoms with E-state index in [4.69, 9.17) is 19.7 Å². The van der Waals surface area contributed by atoms with Gasteiger partial charge in [0.2, 0.25) is 0 Å². The number of hydrogen-bond acceptors (Lipinski definition) is 6. The number of aryl methyl sites for hydroxylation is 1. The smallest absolute Gasteiger partial charge is 0.341 e. The van der Waals surface area contributed by atoms with Gasteiger partial charge in [-0.1, -0.05) is 57.2 Å². The van der Waals surface area contributed by atoms with Crippen LogP contribution in [0.5, 0.6) is 11.5 Å². The first kappa shape index (κ1) is 24.1. The number of esters is 2. The summed E-state index contributed by atoms with van der Waals surface area (Å²) in [6.07, 6.45) is 4.42. The molecule has 164 valence electrons. The zero-order valence-electron chi connectivity index (χ0n) is 17.7. The molecule has 0 unspecified atom stereocenters. The molecule has 0 aliphatic carbocycles. The number of aliphatic hydroxyl groups excluding tert-OH is 2. The molecule has 0 amide bonds. The van der Waals surface area contributed by atoms with Gasteiger partial charge in [-0.3, -0.25) is 0 Å². The lowest BCUT2D eigenvalue weighted by atomic mass is 10.0. The van der Waals surface area contributed by atoms with Crippen LogP contribution in [0.25, 0.3) is 11.1 Å². The van der Waals surface area contributed by atoms with Crippen LogP contribution in [0.4, 0.5) is 0 Å². The van der Waals surface area contributed by atoms with E-state index >= 15 is 0 Å². The van der Waals surface area contributed by atoms with Gasteiger partial charge in [0.1, 0.15) is 11.5 Å². The molecule has 0 aliphatic rings. The van der Waals surface area contributed by atoms with Crippen LogP contribution in [0.2, 0.25) is 0 Å². The number of unbranched alkanes of at least 4 members (excludes halogenated alkanes) is 2. The van der Waals surface area contributed by atoms with Crippen LogP contribution in [-0.4, -0.2) is 35.4 Å². The van der Waals surface area contributed by atoms with E-state index in [1.54, 1.807) is 6.07 Å². The lowest BCUT2D eigenvalue weighted by Crippen LogP contribution is -2.14. The Balaban J connectivity index is 2.36. The molecule has 0 aliphatic heterocycles. The predicted octanol–water partition coefficient (Wildman–Crippen LogP) is 3.99. The van der Waals surface area contributed by atoms with E-state index in [0.717, 1.165) is 24.8 Å². The van der Waals surface area contributed by atoms with Crippen molar-refractivity contribution in [1.82, 2.24) is 0 Å². The van der Waals surface area contributed by atoms with E-state index in [-0.39, 0.29) is 22.6 Å². The standard InChI is InChI=1S/C25H28O6/c1-4-5-6-7-19-8-10-20(11-9-19)22-14-21(30-24(28)17(2)15-26)12-13-23(22)31-25(29)18(3)16-27/h8-14,26-27H,2-7,15-16H2,1H3. The molecular weight excluding hydrogens is 396 g/mol. The normalized spacial score (nSPS) is 10.4. The molecule has 0 spiro atoms. The van der Waals surface area contributed by atoms with Crippen LogP contribution in [0, 0.1) is 0 Å². The van der Waals surface area contributed by atoms with Crippen molar-refractivity contribution < 1.29 is 29.3 Å². The van der Waals surface area contributed by atoms with Crippen LogP contribution < -0.4 is 9.47 Å². The number of aliphatic hydroxyl groups is 2. The molecule has 0 fully saturated rings. The number of hydrogen-bond donors (Lipinski definition) is 2. The summed E-state index contributed by atoms with van der Waals surface area (Å²) in [7, 11) is 0. The van der Waals surface area contributed by atoms with Crippen LogP contribution >= 0.6 is 0 Å². The maximum absolute atomic E-state index is 12.1. The highest BCUT2D eigenvalue weighted by atomic mass is 16.5. The van der Waals surface area contributed by atoms with Gasteiger partial charge in [-0.05, 0) is 42.2 Å². The second-order valence-electron chi connectivity index (χ2n) is 7.11.